The van der Waals surface area contributed by atoms with E-state index >= 15 is 0 Å². The molecule has 27 heavy (non-hydrogen) atoms. The van der Waals surface area contributed by atoms with E-state index < -0.39 is 6.03 Å². The summed E-state index contributed by atoms with van der Waals surface area (Å²) in [7, 11) is 3.16. The number of urea groups is 1. The zero-order chi connectivity index (χ0) is 19.6. The largest absolute Gasteiger partial charge is 0.493 e. The number of anilines is 1. The first-order valence-corrected chi connectivity index (χ1v) is 8.29. The molecule has 0 bridgehead atoms. The first-order valence-electron chi connectivity index (χ1n) is 8.29. The molecule has 1 heterocycles. The summed E-state index contributed by atoms with van der Waals surface area (Å²) in [5.74, 6) is 2.50. The summed E-state index contributed by atoms with van der Waals surface area (Å²) < 4.78 is 16.9. The fourth-order valence-corrected chi connectivity index (χ4v) is 2.83. The highest BCUT2D eigenvalue weighted by molar-refractivity contribution is 5.90. The Morgan fingerprint density at radius 2 is 1.67 bits per heavy atom. The molecular formula is C20H21N3O4. The maximum absolute atomic E-state index is 11.1. The number of primary amides is 1. The van der Waals surface area contributed by atoms with Crippen molar-refractivity contribution in [2.24, 2.45) is 5.73 Å². The number of aromatic nitrogens is 1. The average Bonchev–Trinajstić information content (AvgIpc) is 2.66. The summed E-state index contributed by atoms with van der Waals surface area (Å²) in [5.41, 5.74) is 8.36. The first-order chi connectivity index (χ1) is 12.9. The number of hydrogen-bond donors (Lipinski definition) is 2. The van der Waals surface area contributed by atoms with Gasteiger partial charge >= 0.3 is 6.03 Å². The van der Waals surface area contributed by atoms with Crippen molar-refractivity contribution in [3.05, 3.63) is 47.7 Å². The second-order valence-corrected chi connectivity index (χ2v) is 5.99. The lowest BCUT2D eigenvalue weighted by atomic mass is 10.1. The SMILES string of the molecule is COc1cc2nccc(Oc3ccc(NC(N)=O)c(C)c3C)c2cc1OC. The molecule has 0 radical (unpaired) electrons. The minimum Gasteiger partial charge on any atom is -0.493 e. The standard InChI is InChI=1S/C20H21N3O4/c1-11-12(2)16(6-5-14(11)23-20(21)24)27-17-7-8-22-15-10-19(26-4)18(25-3)9-13(15)17/h5-10H,1-4H3,(H3,21,23,24). The number of carbonyl (C=O) groups excluding carboxylic acids is 1. The molecule has 3 aromatic rings. The van der Waals surface area contributed by atoms with Gasteiger partial charge in [-0.15, -0.1) is 0 Å². The summed E-state index contributed by atoms with van der Waals surface area (Å²) in [6.07, 6.45) is 1.68. The van der Waals surface area contributed by atoms with Gasteiger partial charge in [-0.05, 0) is 49.2 Å². The quantitative estimate of drug-likeness (QED) is 0.706. The molecular weight excluding hydrogens is 346 g/mol. The molecule has 0 saturated carbocycles. The number of nitrogens with zero attached hydrogens (tertiary/aromatic N) is 1. The van der Waals surface area contributed by atoms with Gasteiger partial charge in [0.25, 0.3) is 0 Å². The van der Waals surface area contributed by atoms with Gasteiger partial charge in [0, 0.05) is 23.3 Å². The van der Waals surface area contributed by atoms with Crippen LogP contribution in [0.5, 0.6) is 23.0 Å². The fraction of sp³-hybridized carbons (Fsp3) is 0.200. The highest BCUT2D eigenvalue weighted by Gasteiger charge is 2.14. The molecule has 2 amide bonds. The monoisotopic (exact) mass is 367 g/mol. The van der Waals surface area contributed by atoms with E-state index in [-0.39, 0.29) is 0 Å². The summed E-state index contributed by atoms with van der Waals surface area (Å²) in [4.78, 5) is 15.5. The normalized spacial score (nSPS) is 10.5. The molecule has 2 aromatic carbocycles. The van der Waals surface area contributed by atoms with Crippen molar-refractivity contribution < 1.29 is 19.0 Å². The van der Waals surface area contributed by atoms with Crippen LogP contribution >= 0.6 is 0 Å². The molecule has 0 aliphatic heterocycles. The molecule has 0 aliphatic carbocycles. The van der Waals surface area contributed by atoms with Gasteiger partial charge in [-0.3, -0.25) is 4.98 Å². The van der Waals surface area contributed by atoms with Crippen LogP contribution in [0.1, 0.15) is 11.1 Å². The predicted octanol–water partition coefficient (Wildman–Crippen LogP) is 4.15. The third-order valence-electron chi connectivity index (χ3n) is 4.42. The highest BCUT2D eigenvalue weighted by atomic mass is 16.5. The lowest BCUT2D eigenvalue weighted by Crippen LogP contribution is -2.20. The smallest absolute Gasteiger partial charge is 0.316 e. The van der Waals surface area contributed by atoms with E-state index in [1.165, 1.54) is 0 Å². The van der Waals surface area contributed by atoms with E-state index in [9.17, 15) is 4.79 Å². The number of nitrogens with one attached hydrogen (secondary N) is 1. The average molecular weight is 367 g/mol. The number of nitrogens with two attached hydrogens (primary N) is 1. The minimum atomic E-state index is -0.604. The Morgan fingerprint density at radius 3 is 2.33 bits per heavy atom. The number of benzene rings is 2. The molecule has 7 nitrogen and oxygen atoms in total. The molecule has 1 aromatic heterocycles. The van der Waals surface area contributed by atoms with Gasteiger partial charge in [0.05, 0.1) is 19.7 Å². The third kappa shape index (κ3) is 3.57. The summed E-state index contributed by atoms with van der Waals surface area (Å²) in [5, 5.41) is 3.40. The van der Waals surface area contributed by atoms with E-state index in [1.807, 2.05) is 19.9 Å². The second-order valence-electron chi connectivity index (χ2n) is 5.99. The molecule has 3 rings (SSSR count). The zero-order valence-electron chi connectivity index (χ0n) is 15.6. The van der Waals surface area contributed by atoms with Crippen molar-refractivity contribution in [2.45, 2.75) is 13.8 Å². The molecule has 140 valence electrons. The summed E-state index contributed by atoms with van der Waals surface area (Å²) >= 11 is 0. The number of hydrogen-bond acceptors (Lipinski definition) is 5. The minimum absolute atomic E-state index is 0.594. The number of methoxy groups -OCH3 is 2. The maximum Gasteiger partial charge on any atom is 0.316 e. The lowest BCUT2D eigenvalue weighted by Gasteiger charge is -2.16. The third-order valence-corrected chi connectivity index (χ3v) is 4.42. The Labute approximate surface area is 157 Å². The second kappa shape index (κ2) is 7.41. The van der Waals surface area contributed by atoms with Crippen LogP contribution in [0, 0.1) is 13.8 Å². The van der Waals surface area contributed by atoms with Crippen LogP contribution in [0.25, 0.3) is 10.9 Å². The van der Waals surface area contributed by atoms with Crippen LogP contribution in [-0.2, 0) is 0 Å². The van der Waals surface area contributed by atoms with Crippen molar-refractivity contribution in [2.75, 3.05) is 19.5 Å². The van der Waals surface area contributed by atoms with Crippen LogP contribution in [0.15, 0.2) is 36.5 Å². The van der Waals surface area contributed by atoms with E-state index in [4.69, 9.17) is 19.9 Å². The molecule has 0 aliphatic rings. The zero-order valence-corrected chi connectivity index (χ0v) is 15.6. The van der Waals surface area contributed by atoms with Crippen LogP contribution in [0.2, 0.25) is 0 Å². The lowest BCUT2D eigenvalue weighted by molar-refractivity contribution is 0.259. The molecule has 0 atom stereocenters. The molecule has 0 unspecified atom stereocenters. The van der Waals surface area contributed by atoms with Gasteiger partial charge in [-0.25, -0.2) is 4.79 Å². The van der Waals surface area contributed by atoms with E-state index in [0.29, 0.717) is 28.7 Å². The maximum atomic E-state index is 11.1. The van der Waals surface area contributed by atoms with Gasteiger partial charge in [-0.2, -0.15) is 0 Å². The van der Waals surface area contributed by atoms with Crippen molar-refractivity contribution in [3.8, 4) is 23.0 Å². The van der Waals surface area contributed by atoms with Crippen LogP contribution < -0.4 is 25.3 Å². The highest BCUT2D eigenvalue weighted by Crippen LogP contribution is 2.38. The Hall–Kier alpha value is -3.48. The summed E-state index contributed by atoms with van der Waals surface area (Å²) in [6.45, 7) is 3.82. The van der Waals surface area contributed by atoms with Crippen LogP contribution in [0.4, 0.5) is 10.5 Å². The predicted molar refractivity (Wildman–Crippen MR) is 104 cm³/mol. The molecule has 0 fully saturated rings. The Kier molecular flexibility index (Phi) is 5.03. The van der Waals surface area contributed by atoms with Crippen LogP contribution in [0.3, 0.4) is 0 Å². The molecule has 0 saturated heterocycles. The number of ether oxygens (including phenoxy) is 3. The number of fused-ring (bicyclic) bond motifs is 1. The Balaban J connectivity index is 2.04. The summed E-state index contributed by atoms with van der Waals surface area (Å²) in [6, 6.07) is 8.38. The van der Waals surface area contributed by atoms with Crippen molar-refractivity contribution in [3.63, 3.8) is 0 Å². The van der Waals surface area contributed by atoms with Gasteiger partial charge in [0.2, 0.25) is 0 Å². The van der Waals surface area contributed by atoms with Crippen molar-refractivity contribution in [1.29, 1.82) is 0 Å². The van der Waals surface area contributed by atoms with E-state index in [1.54, 1.807) is 44.7 Å². The Bertz CT molecular complexity index is 1020. The van der Waals surface area contributed by atoms with Gasteiger partial charge < -0.3 is 25.3 Å². The molecule has 3 N–H and O–H groups in total. The number of carbonyl (C=O) groups is 1. The molecule has 7 heteroatoms. The van der Waals surface area contributed by atoms with Gasteiger partial charge in [0.1, 0.15) is 11.5 Å². The van der Waals surface area contributed by atoms with Gasteiger partial charge in [-0.1, -0.05) is 0 Å². The van der Waals surface area contributed by atoms with E-state index in [2.05, 4.69) is 10.3 Å². The van der Waals surface area contributed by atoms with Crippen LogP contribution in [-0.4, -0.2) is 25.2 Å². The van der Waals surface area contributed by atoms with Crippen molar-refractivity contribution in [1.82, 2.24) is 4.98 Å². The Morgan fingerprint density at radius 1 is 0.963 bits per heavy atom. The first kappa shape index (κ1) is 18.3. The topological polar surface area (TPSA) is 95.7 Å². The fourth-order valence-electron chi connectivity index (χ4n) is 2.83. The van der Waals surface area contributed by atoms with E-state index in [0.717, 1.165) is 22.0 Å². The number of amides is 2. The molecule has 0 spiro atoms. The number of pyridine rings is 1. The number of rotatable bonds is 5. The van der Waals surface area contributed by atoms with Gasteiger partial charge in [0.15, 0.2) is 11.5 Å². The van der Waals surface area contributed by atoms with Crippen molar-refractivity contribution >= 4 is 22.6 Å².